The van der Waals surface area contributed by atoms with Gasteiger partial charge in [0.05, 0.1) is 12.7 Å². The van der Waals surface area contributed by atoms with E-state index in [9.17, 15) is 14.0 Å². The van der Waals surface area contributed by atoms with Crippen LogP contribution in [-0.4, -0.2) is 64.2 Å². The zero-order chi connectivity index (χ0) is 21.0. The van der Waals surface area contributed by atoms with Gasteiger partial charge in [0, 0.05) is 25.2 Å². The zero-order valence-electron chi connectivity index (χ0n) is 16.8. The second kappa shape index (κ2) is 9.13. The first-order chi connectivity index (χ1) is 13.8. The standard InChI is InChI=1S/C20H25FN4O4/c1-13(2)8-24-9-16(28-12-15-6-4-5-7-17(15)21)10-25(11-18(24)26)20(27)19-14(3)22-29-23-19/h4-7,13,16H,8-12H2,1-3H3. The van der Waals surface area contributed by atoms with Gasteiger partial charge < -0.3 is 14.5 Å². The van der Waals surface area contributed by atoms with Crippen molar-refractivity contribution in [3.05, 3.63) is 47.0 Å². The van der Waals surface area contributed by atoms with E-state index in [1.54, 1.807) is 30.0 Å². The fraction of sp³-hybridized carbons (Fsp3) is 0.500. The van der Waals surface area contributed by atoms with Crippen molar-refractivity contribution in [3.8, 4) is 0 Å². The molecule has 2 aromatic rings. The van der Waals surface area contributed by atoms with Gasteiger partial charge in [-0.3, -0.25) is 9.59 Å². The average molecular weight is 404 g/mol. The average Bonchev–Trinajstić information content (AvgIpc) is 3.03. The molecule has 1 aromatic carbocycles. The maximum Gasteiger partial charge on any atom is 0.278 e. The van der Waals surface area contributed by atoms with Gasteiger partial charge in [0.25, 0.3) is 5.91 Å². The highest BCUT2D eigenvalue weighted by atomic mass is 19.1. The number of amides is 2. The van der Waals surface area contributed by atoms with E-state index in [1.165, 1.54) is 11.0 Å². The van der Waals surface area contributed by atoms with Crippen LogP contribution in [0, 0.1) is 18.7 Å². The SMILES string of the molecule is Cc1nonc1C(=O)N1CC(=O)N(CC(C)C)CC(OCc2ccccc2F)C1. The number of carbonyl (C=O) groups excluding carboxylic acids is 2. The Morgan fingerprint density at radius 2 is 2.07 bits per heavy atom. The predicted octanol–water partition coefficient (Wildman–Crippen LogP) is 2.04. The van der Waals surface area contributed by atoms with Crippen LogP contribution >= 0.6 is 0 Å². The summed E-state index contributed by atoms with van der Waals surface area (Å²) in [7, 11) is 0. The number of aryl methyl sites for hydroxylation is 1. The van der Waals surface area contributed by atoms with E-state index < -0.39 is 12.0 Å². The van der Waals surface area contributed by atoms with Gasteiger partial charge in [-0.25, -0.2) is 9.02 Å². The lowest BCUT2D eigenvalue weighted by Gasteiger charge is -2.26. The van der Waals surface area contributed by atoms with Crippen LogP contribution in [0.15, 0.2) is 28.9 Å². The lowest BCUT2D eigenvalue weighted by molar-refractivity contribution is -0.132. The molecule has 156 valence electrons. The fourth-order valence-corrected chi connectivity index (χ4v) is 3.25. The number of hydrogen-bond acceptors (Lipinski definition) is 6. The van der Waals surface area contributed by atoms with Crippen LogP contribution in [0.25, 0.3) is 0 Å². The molecule has 1 saturated heterocycles. The van der Waals surface area contributed by atoms with Crippen molar-refractivity contribution in [2.75, 3.05) is 26.2 Å². The number of ether oxygens (including phenoxy) is 1. The van der Waals surface area contributed by atoms with E-state index in [2.05, 4.69) is 14.9 Å². The summed E-state index contributed by atoms with van der Waals surface area (Å²) in [6.07, 6.45) is -0.469. The van der Waals surface area contributed by atoms with Crippen molar-refractivity contribution < 1.29 is 23.3 Å². The zero-order valence-corrected chi connectivity index (χ0v) is 16.8. The molecule has 2 amide bonds. The van der Waals surface area contributed by atoms with E-state index >= 15 is 0 Å². The number of hydrogen-bond donors (Lipinski definition) is 0. The molecule has 3 rings (SSSR count). The Bertz CT molecular complexity index is 870. The van der Waals surface area contributed by atoms with Crippen LogP contribution in [0.4, 0.5) is 4.39 Å². The molecule has 1 fully saturated rings. The van der Waals surface area contributed by atoms with E-state index in [0.717, 1.165) is 0 Å². The summed E-state index contributed by atoms with van der Waals surface area (Å²) in [5, 5.41) is 7.28. The Morgan fingerprint density at radius 3 is 2.72 bits per heavy atom. The van der Waals surface area contributed by atoms with Gasteiger partial charge >= 0.3 is 0 Å². The Balaban J connectivity index is 1.78. The molecule has 0 spiro atoms. The number of benzene rings is 1. The maximum atomic E-state index is 13.9. The smallest absolute Gasteiger partial charge is 0.278 e. The topological polar surface area (TPSA) is 88.8 Å². The number of rotatable bonds is 6. The molecule has 0 bridgehead atoms. The first-order valence-corrected chi connectivity index (χ1v) is 9.56. The Hall–Kier alpha value is -2.81. The highest BCUT2D eigenvalue weighted by Gasteiger charge is 2.33. The van der Waals surface area contributed by atoms with Gasteiger partial charge in [-0.1, -0.05) is 37.2 Å². The minimum Gasteiger partial charge on any atom is -0.370 e. The Morgan fingerprint density at radius 1 is 1.31 bits per heavy atom. The third kappa shape index (κ3) is 5.17. The van der Waals surface area contributed by atoms with Crippen molar-refractivity contribution in [2.45, 2.75) is 33.5 Å². The normalized spacial score (nSPS) is 17.7. The minimum atomic E-state index is -0.469. The van der Waals surface area contributed by atoms with E-state index in [1.807, 2.05) is 13.8 Å². The van der Waals surface area contributed by atoms with Crippen molar-refractivity contribution in [3.63, 3.8) is 0 Å². The second-order valence-corrected chi connectivity index (χ2v) is 7.60. The number of nitrogens with zero attached hydrogens (tertiary/aromatic N) is 4. The van der Waals surface area contributed by atoms with Gasteiger partial charge in [0.2, 0.25) is 5.91 Å². The van der Waals surface area contributed by atoms with Crippen molar-refractivity contribution in [1.82, 2.24) is 20.1 Å². The summed E-state index contributed by atoms with van der Waals surface area (Å²) >= 11 is 0. The molecular formula is C20H25FN4O4. The molecule has 9 heteroatoms. The van der Waals surface area contributed by atoms with Gasteiger partial charge in [0.1, 0.15) is 18.1 Å². The molecular weight excluding hydrogens is 379 g/mol. The molecule has 0 saturated carbocycles. The van der Waals surface area contributed by atoms with Crippen LogP contribution in [0.1, 0.15) is 35.6 Å². The van der Waals surface area contributed by atoms with Crippen LogP contribution in [0.3, 0.4) is 0 Å². The third-order valence-corrected chi connectivity index (χ3v) is 4.69. The van der Waals surface area contributed by atoms with Crippen LogP contribution in [0.2, 0.25) is 0 Å². The molecule has 2 heterocycles. The molecule has 1 aliphatic heterocycles. The monoisotopic (exact) mass is 404 g/mol. The van der Waals surface area contributed by atoms with Gasteiger partial charge in [-0.05, 0) is 24.1 Å². The molecule has 0 N–H and O–H groups in total. The van der Waals surface area contributed by atoms with Crippen LogP contribution in [-0.2, 0) is 16.1 Å². The predicted molar refractivity (Wildman–Crippen MR) is 101 cm³/mol. The van der Waals surface area contributed by atoms with Gasteiger partial charge in [-0.2, -0.15) is 0 Å². The molecule has 1 aliphatic rings. The summed E-state index contributed by atoms with van der Waals surface area (Å²) < 4.78 is 24.5. The maximum absolute atomic E-state index is 13.9. The highest BCUT2D eigenvalue weighted by Crippen LogP contribution is 2.16. The summed E-state index contributed by atoms with van der Waals surface area (Å²) in [5.74, 6) is -0.704. The first kappa shape index (κ1) is 20.9. The number of aromatic nitrogens is 2. The lowest BCUT2D eigenvalue weighted by atomic mass is 10.2. The van der Waals surface area contributed by atoms with Gasteiger partial charge in [-0.15, -0.1) is 0 Å². The molecule has 8 nitrogen and oxygen atoms in total. The molecule has 0 aliphatic carbocycles. The molecule has 1 atom stereocenters. The fourth-order valence-electron chi connectivity index (χ4n) is 3.25. The summed E-state index contributed by atoms with van der Waals surface area (Å²) in [6.45, 7) is 6.66. The molecule has 1 aromatic heterocycles. The summed E-state index contributed by atoms with van der Waals surface area (Å²) in [5.41, 5.74) is 0.852. The largest absolute Gasteiger partial charge is 0.370 e. The van der Waals surface area contributed by atoms with Crippen molar-refractivity contribution in [2.24, 2.45) is 5.92 Å². The minimum absolute atomic E-state index is 0.0492. The third-order valence-electron chi connectivity index (χ3n) is 4.69. The van der Waals surface area contributed by atoms with E-state index in [4.69, 9.17) is 4.74 Å². The highest BCUT2D eigenvalue weighted by molar-refractivity contribution is 5.95. The molecule has 1 unspecified atom stereocenters. The van der Waals surface area contributed by atoms with Crippen molar-refractivity contribution >= 4 is 11.8 Å². The van der Waals surface area contributed by atoms with Crippen molar-refractivity contribution in [1.29, 1.82) is 0 Å². The Kier molecular flexibility index (Phi) is 6.58. The Labute approximate surface area is 168 Å². The van der Waals surface area contributed by atoms with Gasteiger partial charge in [0.15, 0.2) is 5.69 Å². The summed E-state index contributed by atoms with van der Waals surface area (Å²) in [4.78, 5) is 28.7. The lowest BCUT2D eigenvalue weighted by Crippen LogP contribution is -2.40. The van der Waals surface area contributed by atoms with E-state index in [-0.39, 0.29) is 43.0 Å². The summed E-state index contributed by atoms with van der Waals surface area (Å²) in [6, 6.07) is 6.37. The number of carbonyl (C=O) groups is 2. The van der Waals surface area contributed by atoms with E-state index in [0.29, 0.717) is 24.3 Å². The molecule has 29 heavy (non-hydrogen) atoms. The van der Waals surface area contributed by atoms with Crippen LogP contribution < -0.4 is 0 Å². The second-order valence-electron chi connectivity index (χ2n) is 7.60. The number of halogens is 1. The molecule has 0 radical (unpaired) electrons. The quantitative estimate of drug-likeness (QED) is 0.732. The first-order valence-electron chi connectivity index (χ1n) is 9.56. The van der Waals surface area contributed by atoms with Crippen LogP contribution in [0.5, 0.6) is 0 Å².